The Bertz CT molecular complexity index is 606. The van der Waals surface area contributed by atoms with Crippen LogP contribution in [0.4, 0.5) is 19.6 Å². The molecular formula is C11H10F2N4O2S. The van der Waals surface area contributed by atoms with Crippen LogP contribution >= 0.6 is 11.3 Å². The molecule has 2 rings (SSSR count). The Kier molecular flexibility index (Phi) is 4.41. The van der Waals surface area contributed by atoms with Gasteiger partial charge in [0.25, 0.3) is 5.91 Å². The minimum Gasteiger partial charge on any atom is -0.433 e. The van der Waals surface area contributed by atoms with E-state index in [0.29, 0.717) is 5.13 Å². The maximum atomic E-state index is 12.2. The lowest BCUT2D eigenvalue weighted by atomic mass is 10.3. The van der Waals surface area contributed by atoms with E-state index in [9.17, 15) is 13.6 Å². The molecule has 2 aromatic rings. The normalized spacial score (nSPS) is 10.4. The van der Waals surface area contributed by atoms with Gasteiger partial charge in [0.1, 0.15) is 5.75 Å². The fourth-order valence-electron chi connectivity index (χ4n) is 1.36. The van der Waals surface area contributed by atoms with E-state index < -0.39 is 12.5 Å². The summed E-state index contributed by atoms with van der Waals surface area (Å²) in [6.45, 7) is -2.97. The predicted octanol–water partition coefficient (Wildman–Crippen LogP) is 2.43. The SMILES string of the molecule is CNc1nnc(C(=O)Nc2ccccc2OC(F)F)s1. The first-order valence-corrected chi connectivity index (χ1v) is 6.28. The van der Waals surface area contributed by atoms with Crippen molar-refractivity contribution < 1.29 is 18.3 Å². The van der Waals surface area contributed by atoms with E-state index in [1.165, 1.54) is 18.2 Å². The van der Waals surface area contributed by atoms with Crippen molar-refractivity contribution in [2.24, 2.45) is 0 Å². The van der Waals surface area contributed by atoms with Crippen LogP contribution in [0.15, 0.2) is 24.3 Å². The van der Waals surface area contributed by atoms with Crippen molar-refractivity contribution in [1.82, 2.24) is 10.2 Å². The average Bonchev–Trinajstić information content (AvgIpc) is 2.89. The Morgan fingerprint density at radius 3 is 2.75 bits per heavy atom. The highest BCUT2D eigenvalue weighted by atomic mass is 32.1. The topological polar surface area (TPSA) is 76.1 Å². The second-order valence-corrected chi connectivity index (χ2v) is 4.47. The molecule has 0 bridgehead atoms. The molecule has 0 saturated carbocycles. The van der Waals surface area contributed by atoms with Crippen molar-refractivity contribution in [2.45, 2.75) is 6.61 Å². The zero-order valence-electron chi connectivity index (χ0n) is 10.3. The van der Waals surface area contributed by atoms with Crippen molar-refractivity contribution in [3.8, 4) is 5.75 Å². The number of carbonyl (C=O) groups is 1. The van der Waals surface area contributed by atoms with Gasteiger partial charge in [-0.05, 0) is 12.1 Å². The van der Waals surface area contributed by atoms with Gasteiger partial charge in [-0.1, -0.05) is 23.5 Å². The molecule has 20 heavy (non-hydrogen) atoms. The van der Waals surface area contributed by atoms with Gasteiger partial charge in [-0.25, -0.2) is 0 Å². The van der Waals surface area contributed by atoms with Gasteiger partial charge in [0.15, 0.2) is 0 Å². The van der Waals surface area contributed by atoms with Crippen LogP contribution < -0.4 is 15.4 Å². The number of amides is 1. The standard InChI is InChI=1S/C11H10F2N4O2S/c1-14-11-17-16-9(20-11)8(18)15-6-4-2-3-5-7(6)19-10(12)13/h2-5,10H,1H3,(H,14,17)(H,15,18). The number of alkyl halides is 2. The highest BCUT2D eigenvalue weighted by Gasteiger charge is 2.16. The van der Waals surface area contributed by atoms with Gasteiger partial charge in [-0.15, -0.1) is 10.2 Å². The van der Waals surface area contributed by atoms with Gasteiger partial charge in [0, 0.05) is 7.05 Å². The molecule has 0 aliphatic heterocycles. The molecule has 2 N–H and O–H groups in total. The quantitative estimate of drug-likeness (QED) is 0.887. The third kappa shape index (κ3) is 3.38. The van der Waals surface area contributed by atoms with Gasteiger partial charge in [-0.3, -0.25) is 4.79 Å². The lowest BCUT2D eigenvalue weighted by Crippen LogP contribution is -2.13. The minimum atomic E-state index is -2.97. The maximum Gasteiger partial charge on any atom is 0.387 e. The number of ether oxygens (including phenoxy) is 1. The second-order valence-electron chi connectivity index (χ2n) is 3.49. The van der Waals surface area contributed by atoms with Crippen molar-refractivity contribution in [3.05, 3.63) is 29.3 Å². The fourth-order valence-corrected chi connectivity index (χ4v) is 1.95. The molecule has 0 radical (unpaired) electrons. The zero-order chi connectivity index (χ0) is 14.5. The van der Waals surface area contributed by atoms with Crippen LogP contribution in [0.25, 0.3) is 0 Å². The molecule has 0 spiro atoms. The monoisotopic (exact) mass is 300 g/mol. The molecule has 0 saturated heterocycles. The van der Waals surface area contributed by atoms with Crippen LogP contribution in [-0.2, 0) is 0 Å². The van der Waals surface area contributed by atoms with Crippen molar-refractivity contribution in [3.63, 3.8) is 0 Å². The maximum absolute atomic E-state index is 12.2. The number of carbonyl (C=O) groups excluding carboxylic acids is 1. The third-order valence-corrected chi connectivity index (χ3v) is 3.12. The molecule has 1 aromatic heterocycles. The number of rotatable bonds is 5. The first kappa shape index (κ1) is 14.1. The Morgan fingerprint density at radius 2 is 2.10 bits per heavy atom. The molecule has 0 aliphatic carbocycles. The molecule has 106 valence electrons. The number of hydrogen-bond donors (Lipinski definition) is 2. The zero-order valence-corrected chi connectivity index (χ0v) is 11.1. The van der Waals surface area contributed by atoms with Gasteiger partial charge < -0.3 is 15.4 Å². The highest BCUT2D eigenvalue weighted by Crippen LogP contribution is 2.26. The van der Waals surface area contributed by atoms with Crippen LogP contribution in [0.5, 0.6) is 5.75 Å². The molecule has 1 amide bonds. The van der Waals surface area contributed by atoms with E-state index in [-0.39, 0.29) is 16.4 Å². The summed E-state index contributed by atoms with van der Waals surface area (Å²) in [7, 11) is 1.65. The highest BCUT2D eigenvalue weighted by molar-refractivity contribution is 7.17. The van der Waals surface area contributed by atoms with Crippen molar-refractivity contribution in [2.75, 3.05) is 17.7 Å². The van der Waals surface area contributed by atoms with E-state index in [4.69, 9.17) is 0 Å². The second kappa shape index (κ2) is 6.24. The summed E-state index contributed by atoms with van der Waals surface area (Å²) in [5, 5.41) is 13.2. The van der Waals surface area contributed by atoms with E-state index in [2.05, 4.69) is 25.6 Å². The van der Waals surface area contributed by atoms with Crippen LogP contribution in [0.3, 0.4) is 0 Å². The van der Waals surface area contributed by atoms with E-state index in [1.54, 1.807) is 13.1 Å². The molecule has 9 heteroatoms. The van der Waals surface area contributed by atoms with Crippen LogP contribution in [-0.4, -0.2) is 29.8 Å². The Hall–Kier alpha value is -2.29. The summed E-state index contributed by atoms with van der Waals surface area (Å²) < 4.78 is 28.8. The number of benzene rings is 1. The molecular weight excluding hydrogens is 290 g/mol. The van der Waals surface area contributed by atoms with E-state index in [1.807, 2.05) is 0 Å². The van der Waals surface area contributed by atoms with Gasteiger partial charge in [-0.2, -0.15) is 8.78 Å². The summed E-state index contributed by atoms with van der Waals surface area (Å²) in [6.07, 6.45) is 0. The number of hydrogen-bond acceptors (Lipinski definition) is 6. The predicted molar refractivity (Wildman–Crippen MR) is 70.5 cm³/mol. The minimum absolute atomic E-state index is 0.112. The Balaban J connectivity index is 2.15. The average molecular weight is 300 g/mol. The Morgan fingerprint density at radius 1 is 1.35 bits per heavy atom. The number of para-hydroxylation sites is 2. The first-order chi connectivity index (χ1) is 9.60. The summed E-state index contributed by atoms with van der Waals surface area (Å²) in [5.41, 5.74) is 0.138. The molecule has 0 fully saturated rings. The summed E-state index contributed by atoms with van der Waals surface area (Å²) in [4.78, 5) is 11.9. The molecule has 6 nitrogen and oxygen atoms in total. The van der Waals surface area contributed by atoms with Gasteiger partial charge >= 0.3 is 6.61 Å². The summed E-state index contributed by atoms with van der Waals surface area (Å²) in [6, 6.07) is 5.90. The van der Waals surface area contributed by atoms with Gasteiger partial charge in [0.2, 0.25) is 10.1 Å². The van der Waals surface area contributed by atoms with Crippen molar-refractivity contribution in [1.29, 1.82) is 0 Å². The number of anilines is 2. The fraction of sp³-hybridized carbons (Fsp3) is 0.182. The van der Waals surface area contributed by atoms with Gasteiger partial charge in [0.05, 0.1) is 5.69 Å². The van der Waals surface area contributed by atoms with Crippen LogP contribution in [0.2, 0.25) is 0 Å². The van der Waals surface area contributed by atoms with Crippen LogP contribution in [0.1, 0.15) is 9.80 Å². The Labute approximate surface area is 116 Å². The van der Waals surface area contributed by atoms with E-state index >= 15 is 0 Å². The summed E-state index contributed by atoms with van der Waals surface area (Å²) in [5.74, 6) is -0.663. The smallest absolute Gasteiger partial charge is 0.387 e. The third-order valence-electron chi connectivity index (χ3n) is 2.18. The van der Waals surface area contributed by atoms with Crippen LogP contribution in [0, 0.1) is 0 Å². The number of halogens is 2. The first-order valence-electron chi connectivity index (χ1n) is 5.46. The summed E-state index contributed by atoms with van der Waals surface area (Å²) >= 11 is 1.05. The number of nitrogens with one attached hydrogen (secondary N) is 2. The molecule has 1 heterocycles. The largest absolute Gasteiger partial charge is 0.433 e. The molecule has 0 aliphatic rings. The number of nitrogens with zero attached hydrogens (tertiary/aromatic N) is 2. The molecule has 0 unspecified atom stereocenters. The van der Waals surface area contributed by atoms with Crippen molar-refractivity contribution >= 4 is 28.1 Å². The van der Waals surface area contributed by atoms with E-state index in [0.717, 1.165) is 11.3 Å². The lowest BCUT2D eigenvalue weighted by molar-refractivity contribution is -0.0493. The lowest BCUT2D eigenvalue weighted by Gasteiger charge is -2.10. The molecule has 0 atom stereocenters. The number of aromatic nitrogens is 2. The molecule has 1 aromatic carbocycles.